The topological polar surface area (TPSA) is 0 Å². The molecule has 1 saturated carbocycles. The minimum atomic E-state index is 0.0548. The average molecular weight is 267 g/mol. The molecule has 1 fully saturated rings. The van der Waals surface area contributed by atoms with Crippen molar-refractivity contribution in [3.8, 4) is 0 Å². The molecule has 0 aromatic heterocycles. The van der Waals surface area contributed by atoms with Gasteiger partial charge < -0.3 is 0 Å². The highest BCUT2D eigenvalue weighted by molar-refractivity contribution is 6.29. The second kappa shape index (κ2) is 6.16. The van der Waals surface area contributed by atoms with Crippen molar-refractivity contribution in [2.24, 2.45) is 5.92 Å². The van der Waals surface area contributed by atoms with Gasteiger partial charge in [-0.3, -0.25) is 0 Å². The van der Waals surface area contributed by atoms with Crippen LogP contribution in [0.5, 0.6) is 0 Å². The molecule has 0 bridgehead atoms. The quantitative estimate of drug-likeness (QED) is 0.566. The molecule has 0 spiro atoms. The zero-order valence-corrected chi connectivity index (χ0v) is 11.4. The zero-order chi connectivity index (χ0) is 12.3. The number of hydrogen-bond donors (Lipinski definition) is 0. The van der Waals surface area contributed by atoms with Gasteiger partial charge in [0, 0.05) is 10.8 Å². The summed E-state index contributed by atoms with van der Waals surface area (Å²) in [5.74, 6) is 0.442. The van der Waals surface area contributed by atoms with Crippen LogP contribution in [0.15, 0.2) is 30.3 Å². The van der Waals surface area contributed by atoms with Gasteiger partial charge in [-0.2, -0.15) is 0 Å². The summed E-state index contributed by atoms with van der Waals surface area (Å²) in [5.41, 5.74) is 1.38. The summed E-state index contributed by atoms with van der Waals surface area (Å²) in [4.78, 5) is 0. The van der Waals surface area contributed by atoms with Crippen molar-refractivity contribution in [1.29, 1.82) is 0 Å². The highest BCUT2D eigenvalue weighted by Crippen LogP contribution is 2.43. The summed E-state index contributed by atoms with van der Waals surface area (Å²) in [6, 6.07) is 10.5. The van der Waals surface area contributed by atoms with Gasteiger partial charge in [0.2, 0.25) is 0 Å². The molecule has 4 atom stereocenters. The van der Waals surface area contributed by atoms with E-state index in [0.29, 0.717) is 5.92 Å². The van der Waals surface area contributed by atoms with E-state index >= 15 is 0 Å². The first-order chi connectivity index (χ1) is 8.18. The fourth-order valence-electron chi connectivity index (χ4n) is 2.62. The van der Waals surface area contributed by atoms with Crippen LogP contribution in [0.2, 0.25) is 5.82 Å². The maximum absolute atomic E-state index is 6.29. The summed E-state index contributed by atoms with van der Waals surface area (Å²) < 4.78 is 0. The van der Waals surface area contributed by atoms with E-state index in [1.807, 2.05) is 6.07 Å². The smallest absolute Gasteiger partial charge is 0.0724 e. The van der Waals surface area contributed by atoms with Crippen molar-refractivity contribution < 1.29 is 0 Å². The van der Waals surface area contributed by atoms with E-state index < -0.39 is 0 Å². The highest BCUT2D eigenvalue weighted by atomic mass is 35.5. The first-order valence-electron chi connectivity index (χ1n) is 6.26. The van der Waals surface area contributed by atoms with Crippen LogP contribution in [0, 0.1) is 5.92 Å². The molecule has 90 valence electrons. The molecule has 17 heavy (non-hydrogen) atoms. The third-order valence-electron chi connectivity index (χ3n) is 3.67. The Bertz CT molecular complexity index is 341. The highest BCUT2D eigenvalue weighted by Gasteiger charge is 2.37. The first-order valence-corrected chi connectivity index (χ1v) is 7.13. The monoisotopic (exact) mass is 266 g/mol. The van der Waals surface area contributed by atoms with Crippen LogP contribution in [-0.2, 0) is 6.42 Å². The summed E-state index contributed by atoms with van der Waals surface area (Å²) >= 11 is 12.4. The van der Waals surface area contributed by atoms with E-state index in [2.05, 4.69) is 24.3 Å². The Balaban J connectivity index is 1.79. The Labute approximate surface area is 115 Å². The lowest BCUT2D eigenvalue weighted by Gasteiger charge is -2.19. The number of hydrogen-bond acceptors (Lipinski definition) is 0. The molecule has 1 aliphatic rings. The molecule has 1 aromatic rings. The molecule has 1 aliphatic carbocycles. The van der Waals surface area contributed by atoms with Gasteiger partial charge in [-0.15, -0.1) is 23.2 Å². The van der Waals surface area contributed by atoms with Crippen LogP contribution >= 0.6 is 23.2 Å². The first kappa shape index (κ1) is 13.3. The van der Waals surface area contributed by atoms with Gasteiger partial charge >= 0.3 is 0 Å². The largest absolute Gasteiger partial charge is 0.123 e. The molecule has 0 saturated heterocycles. The van der Waals surface area contributed by atoms with E-state index in [-0.39, 0.29) is 16.6 Å². The minimum Gasteiger partial charge on any atom is -0.123 e. The Morgan fingerprint density at radius 2 is 1.82 bits per heavy atom. The SMILES string of the molecule is [B]C1C(Cl)CC(Cl)C1CCCc1ccccc1. The molecule has 0 nitrogen and oxygen atoms in total. The molecule has 0 aliphatic heterocycles. The number of benzene rings is 1. The third kappa shape index (κ3) is 3.42. The Morgan fingerprint density at radius 3 is 2.41 bits per heavy atom. The molecular weight excluding hydrogens is 250 g/mol. The molecular formula is C14H17BCl2. The standard InChI is InChI=1S/C14H17BCl2/c15-14-11(12(16)9-13(14)17)8-4-7-10-5-2-1-3-6-10/h1-3,5-6,11-14H,4,7-9H2. The van der Waals surface area contributed by atoms with Gasteiger partial charge in [-0.05, 0) is 37.2 Å². The van der Waals surface area contributed by atoms with Gasteiger partial charge in [0.25, 0.3) is 0 Å². The van der Waals surface area contributed by atoms with Gasteiger partial charge in [0.1, 0.15) is 0 Å². The summed E-state index contributed by atoms with van der Waals surface area (Å²) in [7, 11) is 6.08. The van der Waals surface area contributed by atoms with Gasteiger partial charge in [-0.1, -0.05) is 36.1 Å². The van der Waals surface area contributed by atoms with Gasteiger partial charge in [0.15, 0.2) is 0 Å². The lowest BCUT2D eigenvalue weighted by molar-refractivity contribution is 0.489. The molecule has 0 heterocycles. The van der Waals surface area contributed by atoms with E-state index in [0.717, 1.165) is 25.7 Å². The van der Waals surface area contributed by atoms with Crippen LogP contribution < -0.4 is 0 Å². The molecule has 4 unspecified atom stereocenters. The Morgan fingerprint density at radius 1 is 1.12 bits per heavy atom. The van der Waals surface area contributed by atoms with Crippen LogP contribution in [0.4, 0.5) is 0 Å². The normalized spacial score (nSPS) is 32.8. The molecule has 3 heteroatoms. The average Bonchev–Trinajstić information content (AvgIpc) is 2.57. The van der Waals surface area contributed by atoms with Crippen molar-refractivity contribution in [2.45, 2.75) is 42.3 Å². The fraction of sp³-hybridized carbons (Fsp3) is 0.571. The van der Waals surface area contributed by atoms with Crippen molar-refractivity contribution >= 4 is 31.0 Å². The maximum atomic E-state index is 6.29. The van der Waals surface area contributed by atoms with Crippen LogP contribution in [-0.4, -0.2) is 18.6 Å². The molecule has 2 rings (SSSR count). The Hall–Kier alpha value is -0.135. The van der Waals surface area contributed by atoms with Crippen LogP contribution in [0.3, 0.4) is 0 Å². The lowest BCUT2D eigenvalue weighted by Crippen LogP contribution is -2.13. The number of alkyl halides is 2. The van der Waals surface area contributed by atoms with Crippen molar-refractivity contribution in [1.82, 2.24) is 0 Å². The van der Waals surface area contributed by atoms with E-state index in [1.54, 1.807) is 0 Å². The van der Waals surface area contributed by atoms with E-state index in [4.69, 9.17) is 31.0 Å². The Kier molecular flexibility index (Phi) is 4.82. The van der Waals surface area contributed by atoms with E-state index in [1.165, 1.54) is 5.56 Å². The van der Waals surface area contributed by atoms with Crippen LogP contribution in [0.25, 0.3) is 0 Å². The molecule has 0 N–H and O–H groups in total. The fourth-order valence-corrected chi connectivity index (χ4v) is 3.57. The molecule has 2 radical (unpaired) electrons. The van der Waals surface area contributed by atoms with Crippen molar-refractivity contribution in [3.05, 3.63) is 35.9 Å². The van der Waals surface area contributed by atoms with E-state index in [9.17, 15) is 0 Å². The predicted octanol–water partition coefficient (Wildman–Crippen LogP) is 4.20. The lowest BCUT2D eigenvalue weighted by atomic mass is 9.76. The molecule has 1 aromatic carbocycles. The number of aryl methyl sites for hydroxylation is 1. The second-order valence-corrected chi connectivity index (χ2v) is 6.01. The summed E-state index contributed by atoms with van der Waals surface area (Å²) in [6.45, 7) is 0. The summed E-state index contributed by atoms with van der Waals surface area (Å²) in [6.07, 6.45) is 4.16. The number of halogens is 2. The predicted molar refractivity (Wildman–Crippen MR) is 76.3 cm³/mol. The minimum absolute atomic E-state index is 0.0548. The summed E-state index contributed by atoms with van der Waals surface area (Å²) in [5, 5.41) is 0.211. The van der Waals surface area contributed by atoms with Crippen molar-refractivity contribution in [2.75, 3.05) is 0 Å². The second-order valence-electron chi connectivity index (χ2n) is 4.89. The maximum Gasteiger partial charge on any atom is 0.0724 e. The van der Waals surface area contributed by atoms with Gasteiger partial charge in [0.05, 0.1) is 7.85 Å². The van der Waals surface area contributed by atoms with Crippen molar-refractivity contribution in [3.63, 3.8) is 0 Å². The molecule has 0 amide bonds. The third-order valence-corrected chi connectivity index (χ3v) is 4.64. The zero-order valence-electron chi connectivity index (χ0n) is 9.86. The number of rotatable bonds is 4. The van der Waals surface area contributed by atoms with Crippen LogP contribution in [0.1, 0.15) is 24.8 Å². The van der Waals surface area contributed by atoms with Gasteiger partial charge in [-0.25, -0.2) is 0 Å².